The van der Waals surface area contributed by atoms with E-state index < -0.39 is 28.7 Å². The molecule has 0 saturated heterocycles. The van der Waals surface area contributed by atoms with Gasteiger partial charge in [-0.15, -0.1) is 0 Å². The molecule has 13 heavy (non-hydrogen) atoms. The van der Waals surface area contributed by atoms with E-state index in [2.05, 4.69) is 9.97 Å². The summed E-state index contributed by atoms with van der Waals surface area (Å²) in [7, 11) is 0. The highest BCUT2D eigenvalue weighted by Gasteiger charge is 2.37. The molecule has 72 valence electrons. The Morgan fingerprint density at radius 2 is 1.77 bits per heavy atom. The number of halogens is 5. The van der Waals surface area contributed by atoms with Crippen molar-refractivity contribution in [3.05, 3.63) is 22.5 Å². The van der Waals surface area contributed by atoms with E-state index in [1.165, 1.54) is 0 Å². The Morgan fingerprint density at radius 3 is 2.23 bits per heavy atom. The molecule has 0 aliphatic rings. The molecule has 0 aromatic carbocycles. The first kappa shape index (κ1) is 10.2. The lowest BCUT2D eigenvalue weighted by Gasteiger charge is -2.07. The summed E-state index contributed by atoms with van der Waals surface area (Å²) in [5.41, 5.74) is -2.06. The quantitative estimate of drug-likeness (QED) is 0.490. The third-order valence-electron chi connectivity index (χ3n) is 1.26. The van der Waals surface area contributed by atoms with Crippen LogP contribution in [0.25, 0.3) is 0 Å². The second-order valence-electron chi connectivity index (χ2n) is 2.24. The molecule has 0 amide bonds. The maximum Gasteiger partial charge on any atom is 0.436 e. The van der Waals surface area contributed by atoms with E-state index in [4.69, 9.17) is 11.6 Å². The predicted octanol–water partition coefficient (Wildman–Crippen LogP) is 2.60. The zero-order chi connectivity index (χ0) is 10.2. The van der Waals surface area contributed by atoms with Gasteiger partial charge >= 0.3 is 6.18 Å². The Kier molecular flexibility index (Phi) is 2.42. The number of alkyl halides is 3. The molecule has 7 heteroatoms. The Bertz CT molecular complexity index is 336. The van der Waals surface area contributed by atoms with Gasteiger partial charge in [-0.05, 0) is 18.5 Å². The molecule has 0 saturated carbocycles. The van der Waals surface area contributed by atoms with Crippen LogP contribution in [-0.4, -0.2) is 9.97 Å². The van der Waals surface area contributed by atoms with Crippen LogP contribution in [0.2, 0.25) is 5.28 Å². The lowest BCUT2D eigenvalue weighted by Crippen LogP contribution is -2.13. The highest BCUT2D eigenvalue weighted by atomic mass is 35.5. The van der Waals surface area contributed by atoms with E-state index in [-0.39, 0.29) is 0 Å². The minimum absolute atomic E-state index is 0.424. The van der Waals surface area contributed by atoms with Gasteiger partial charge in [0.15, 0.2) is 11.5 Å². The third kappa shape index (κ3) is 2.06. The molecule has 0 atom stereocenters. The molecular weight excluding hydrogens is 212 g/mol. The predicted molar refractivity (Wildman–Crippen MR) is 36.7 cm³/mol. The molecule has 1 rings (SSSR count). The van der Waals surface area contributed by atoms with Gasteiger partial charge in [0.2, 0.25) is 5.28 Å². The summed E-state index contributed by atoms with van der Waals surface area (Å²) in [5.74, 6) is -1.49. The topological polar surface area (TPSA) is 25.8 Å². The minimum atomic E-state index is -4.85. The first-order valence-electron chi connectivity index (χ1n) is 3.09. The van der Waals surface area contributed by atoms with Gasteiger partial charge in [0.1, 0.15) is 0 Å². The first-order valence-corrected chi connectivity index (χ1v) is 3.47. The van der Waals surface area contributed by atoms with Crippen LogP contribution in [0.4, 0.5) is 17.6 Å². The molecule has 0 aliphatic carbocycles. The van der Waals surface area contributed by atoms with Crippen molar-refractivity contribution in [3.63, 3.8) is 0 Å². The average molecular weight is 215 g/mol. The summed E-state index contributed by atoms with van der Waals surface area (Å²) in [6, 6.07) is 0. The normalized spacial score (nSPS) is 11.8. The maximum atomic E-state index is 12.8. The zero-order valence-electron chi connectivity index (χ0n) is 6.28. The highest BCUT2D eigenvalue weighted by molar-refractivity contribution is 6.28. The molecule has 0 fully saturated rings. The Hall–Kier alpha value is -0.910. The Balaban J connectivity index is 3.37. The van der Waals surface area contributed by atoms with Crippen LogP contribution in [0, 0.1) is 12.7 Å². The van der Waals surface area contributed by atoms with E-state index in [1.54, 1.807) is 0 Å². The van der Waals surface area contributed by atoms with Gasteiger partial charge in [-0.1, -0.05) is 0 Å². The minimum Gasteiger partial charge on any atom is -0.220 e. The van der Waals surface area contributed by atoms with Crippen molar-refractivity contribution >= 4 is 11.6 Å². The van der Waals surface area contributed by atoms with Crippen molar-refractivity contribution in [2.75, 3.05) is 0 Å². The number of rotatable bonds is 0. The van der Waals surface area contributed by atoms with Crippen molar-refractivity contribution < 1.29 is 17.6 Å². The summed E-state index contributed by atoms with van der Waals surface area (Å²) in [4.78, 5) is 5.99. The number of hydrogen-bond acceptors (Lipinski definition) is 2. The summed E-state index contributed by atoms with van der Waals surface area (Å²) in [6.45, 7) is 1.08. The molecule has 1 aromatic rings. The molecule has 2 nitrogen and oxygen atoms in total. The summed E-state index contributed by atoms with van der Waals surface area (Å²) in [6.07, 6.45) is -4.85. The van der Waals surface area contributed by atoms with Crippen molar-refractivity contribution in [2.24, 2.45) is 0 Å². The summed E-state index contributed by atoms with van der Waals surface area (Å²) < 4.78 is 48.8. The van der Waals surface area contributed by atoms with Gasteiger partial charge in [-0.2, -0.15) is 13.2 Å². The molecule has 0 radical (unpaired) electrons. The second kappa shape index (κ2) is 3.10. The van der Waals surface area contributed by atoms with E-state index in [9.17, 15) is 17.6 Å². The van der Waals surface area contributed by atoms with E-state index in [0.717, 1.165) is 6.92 Å². The van der Waals surface area contributed by atoms with Gasteiger partial charge in [-0.25, -0.2) is 14.4 Å². The zero-order valence-corrected chi connectivity index (χ0v) is 7.04. The smallest absolute Gasteiger partial charge is 0.220 e. The summed E-state index contributed by atoms with van der Waals surface area (Å²) in [5, 5.41) is -0.619. The largest absolute Gasteiger partial charge is 0.436 e. The molecule has 0 aliphatic heterocycles. The van der Waals surface area contributed by atoms with Crippen LogP contribution in [0.5, 0.6) is 0 Å². The molecule has 0 spiro atoms. The maximum absolute atomic E-state index is 12.8. The molecule has 1 heterocycles. The van der Waals surface area contributed by atoms with Crippen molar-refractivity contribution in [3.8, 4) is 0 Å². The summed E-state index contributed by atoms with van der Waals surface area (Å²) >= 11 is 5.14. The lowest BCUT2D eigenvalue weighted by molar-refractivity contribution is -0.143. The number of aromatic nitrogens is 2. The highest BCUT2D eigenvalue weighted by Crippen LogP contribution is 2.30. The van der Waals surface area contributed by atoms with Crippen LogP contribution < -0.4 is 0 Å². The monoisotopic (exact) mass is 214 g/mol. The number of nitrogens with zero attached hydrogens (tertiary/aromatic N) is 2. The number of aryl methyl sites for hydroxylation is 1. The first-order chi connectivity index (χ1) is 5.82. The lowest BCUT2D eigenvalue weighted by atomic mass is 10.3. The SMILES string of the molecule is Cc1nc(Cl)nc(C(F)(F)F)c1F. The fourth-order valence-electron chi connectivity index (χ4n) is 0.713. The molecular formula is C6H3ClF4N2. The van der Waals surface area contributed by atoms with Crippen LogP contribution in [0.15, 0.2) is 0 Å². The molecule has 1 aromatic heterocycles. The van der Waals surface area contributed by atoms with Gasteiger partial charge in [-0.3, -0.25) is 0 Å². The number of hydrogen-bond donors (Lipinski definition) is 0. The fourth-order valence-corrected chi connectivity index (χ4v) is 0.924. The van der Waals surface area contributed by atoms with Crippen LogP contribution in [0.3, 0.4) is 0 Å². The van der Waals surface area contributed by atoms with Crippen molar-refractivity contribution in [1.82, 2.24) is 9.97 Å². The second-order valence-corrected chi connectivity index (χ2v) is 2.58. The fraction of sp³-hybridized carbons (Fsp3) is 0.333. The van der Waals surface area contributed by atoms with Gasteiger partial charge in [0.05, 0.1) is 5.69 Å². The average Bonchev–Trinajstić information content (AvgIpc) is 1.94. The van der Waals surface area contributed by atoms with E-state index >= 15 is 0 Å². The third-order valence-corrected chi connectivity index (χ3v) is 1.43. The molecule has 0 N–H and O–H groups in total. The van der Waals surface area contributed by atoms with Crippen LogP contribution in [0.1, 0.15) is 11.4 Å². The van der Waals surface area contributed by atoms with Gasteiger partial charge < -0.3 is 0 Å². The van der Waals surface area contributed by atoms with E-state index in [1.807, 2.05) is 0 Å². The standard InChI is InChI=1S/C6H3ClF4N2/c1-2-3(8)4(6(9,10)11)13-5(7)12-2/h1H3. The molecule has 0 unspecified atom stereocenters. The molecule has 0 bridgehead atoms. The Morgan fingerprint density at radius 1 is 1.23 bits per heavy atom. The van der Waals surface area contributed by atoms with E-state index in [0.29, 0.717) is 0 Å². The van der Waals surface area contributed by atoms with Crippen molar-refractivity contribution in [1.29, 1.82) is 0 Å². The Labute approximate surface area is 75.6 Å². The van der Waals surface area contributed by atoms with Gasteiger partial charge in [0.25, 0.3) is 0 Å². The van der Waals surface area contributed by atoms with Gasteiger partial charge in [0, 0.05) is 0 Å². The van der Waals surface area contributed by atoms with Crippen molar-refractivity contribution in [2.45, 2.75) is 13.1 Å². The van der Waals surface area contributed by atoms with Crippen LogP contribution in [-0.2, 0) is 6.18 Å². The van der Waals surface area contributed by atoms with Crippen LogP contribution >= 0.6 is 11.6 Å².